The van der Waals surface area contributed by atoms with Gasteiger partial charge in [0.2, 0.25) is 0 Å². The van der Waals surface area contributed by atoms with E-state index < -0.39 is 11.9 Å². The van der Waals surface area contributed by atoms with Crippen LogP contribution in [0.2, 0.25) is 5.02 Å². The Balaban J connectivity index is 2.16. The van der Waals surface area contributed by atoms with E-state index in [2.05, 4.69) is 4.98 Å². The van der Waals surface area contributed by atoms with E-state index in [0.29, 0.717) is 12.0 Å². The van der Waals surface area contributed by atoms with Crippen molar-refractivity contribution >= 4 is 11.6 Å². The van der Waals surface area contributed by atoms with Crippen molar-refractivity contribution in [1.82, 2.24) is 4.98 Å². The molecule has 0 saturated carbocycles. The third-order valence-electron chi connectivity index (χ3n) is 2.69. The van der Waals surface area contributed by atoms with Crippen LogP contribution < -0.4 is 0 Å². The molecule has 94 valence electrons. The molecule has 0 amide bonds. The van der Waals surface area contributed by atoms with Crippen molar-refractivity contribution in [3.8, 4) is 0 Å². The van der Waals surface area contributed by atoms with Crippen molar-refractivity contribution in [2.75, 3.05) is 0 Å². The van der Waals surface area contributed by atoms with Crippen LogP contribution in [0.15, 0.2) is 36.7 Å². The highest BCUT2D eigenvalue weighted by atomic mass is 35.5. The number of aliphatic hydroxyl groups excluding tert-OH is 1. The number of nitrogens with zero attached hydrogens (tertiary/aromatic N) is 1. The summed E-state index contributed by atoms with van der Waals surface area (Å²) in [5.41, 5.74) is 2.41. The van der Waals surface area contributed by atoms with Gasteiger partial charge in [0.05, 0.1) is 11.1 Å². The second-order valence-corrected chi connectivity index (χ2v) is 4.67. The molecule has 1 unspecified atom stereocenters. The van der Waals surface area contributed by atoms with Crippen molar-refractivity contribution in [3.63, 3.8) is 0 Å². The molecule has 1 aromatic carbocycles. The lowest BCUT2D eigenvalue weighted by atomic mass is 10.0. The van der Waals surface area contributed by atoms with Gasteiger partial charge in [0.15, 0.2) is 0 Å². The van der Waals surface area contributed by atoms with Crippen LogP contribution in [0.3, 0.4) is 0 Å². The molecule has 2 aromatic rings. The molecule has 4 heteroatoms. The van der Waals surface area contributed by atoms with Crippen LogP contribution >= 0.6 is 11.6 Å². The number of rotatable bonds is 3. The summed E-state index contributed by atoms with van der Waals surface area (Å²) < 4.78 is 13.3. The van der Waals surface area contributed by atoms with E-state index in [4.69, 9.17) is 11.6 Å². The Morgan fingerprint density at radius 1 is 1.33 bits per heavy atom. The van der Waals surface area contributed by atoms with Crippen LogP contribution in [0.5, 0.6) is 0 Å². The number of hydrogen-bond acceptors (Lipinski definition) is 2. The zero-order valence-electron chi connectivity index (χ0n) is 9.90. The van der Waals surface area contributed by atoms with Crippen molar-refractivity contribution in [3.05, 3.63) is 64.2 Å². The first-order chi connectivity index (χ1) is 8.56. The fraction of sp³-hybridized carbons (Fsp3) is 0.214. The minimum absolute atomic E-state index is 0.0884. The van der Waals surface area contributed by atoms with E-state index >= 15 is 0 Å². The fourth-order valence-corrected chi connectivity index (χ4v) is 1.89. The number of halogens is 2. The molecule has 18 heavy (non-hydrogen) atoms. The van der Waals surface area contributed by atoms with Gasteiger partial charge >= 0.3 is 0 Å². The number of aliphatic hydroxyl groups is 1. The molecule has 2 nitrogen and oxygen atoms in total. The van der Waals surface area contributed by atoms with Crippen LogP contribution in [-0.4, -0.2) is 10.1 Å². The first-order valence-electron chi connectivity index (χ1n) is 5.60. The molecule has 0 aliphatic carbocycles. The molecule has 0 aliphatic rings. The number of hydrogen-bond donors (Lipinski definition) is 1. The van der Waals surface area contributed by atoms with Crippen molar-refractivity contribution in [2.45, 2.75) is 19.4 Å². The Bertz CT molecular complexity index is 559. The number of pyridine rings is 1. The van der Waals surface area contributed by atoms with Gasteiger partial charge in [-0.15, -0.1) is 0 Å². The highest BCUT2D eigenvalue weighted by molar-refractivity contribution is 6.30. The second-order valence-electron chi connectivity index (χ2n) is 4.26. The highest BCUT2D eigenvalue weighted by Crippen LogP contribution is 2.21. The van der Waals surface area contributed by atoms with Crippen LogP contribution in [0, 0.1) is 12.7 Å². The number of aryl methyl sites for hydroxylation is 1. The van der Waals surface area contributed by atoms with Crippen LogP contribution in [0.25, 0.3) is 0 Å². The lowest BCUT2D eigenvalue weighted by Gasteiger charge is -2.11. The van der Waals surface area contributed by atoms with Gasteiger partial charge in [-0.3, -0.25) is 4.98 Å². The minimum atomic E-state index is -0.696. The summed E-state index contributed by atoms with van der Waals surface area (Å²) in [7, 11) is 0. The molecule has 0 fully saturated rings. The number of aromatic nitrogens is 1. The summed E-state index contributed by atoms with van der Waals surface area (Å²) in [6, 6.07) is 6.41. The quantitative estimate of drug-likeness (QED) is 0.922. The molecule has 0 bridgehead atoms. The summed E-state index contributed by atoms with van der Waals surface area (Å²) in [6.45, 7) is 1.91. The van der Waals surface area contributed by atoms with Crippen molar-refractivity contribution in [2.24, 2.45) is 0 Å². The maximum Gasteiger partial charge on any atom is 0.142 e. The normalized spacial score (nSPS) is 12.4. The largest absolute Gasteiger partial charge is 0.388 e. The van der Waals surface area contributed by atoms with Gasteiger partial charge in [-0.2, -0.15) is 0 Å². The Morgan fingerprint density at radius 2 is 2.11 bits per heavy atom. The summed E-state index contributed by atoms with van der Waals surface area (Å²) in [4.78, 5) is 4.02. The zero-order valence-corrected chi connectivity index (χ0v) is 10.7. The molecule has 0 spiro atoms. The number of benzene rings is 1. The van der Waals surface area contributed by atoms with E-state index in [1.54, 1.807) is 18.5 Å². The first-order valence-corrected chi connectivity index (χ1v) is 5.97. The molecule has 1 N–H and O–H groups in total. The van der Waals surface area contributed by atoms with Gasteiger partial charge in [-0.05, 0) is 35.7 Å². The smallest absolute Gasteiger partial charge is 0.142 e. The zero-order chi connectivity index (χ0) is 13.1. The van der Waals surface area contributed by atoms with Gasteiger partial charge in [0, 0.05) is 18.8 Å². The van der Waals surface area contributed by atoms with E-state index in [9.17, 15) is 9.50 Å². The topological polar surface area (TPSA) is 33.1 Å². The van der Waals surface area contributed by atoms with Gasteiger partial charge < -0.3 is 5.11 Å². The van der Waals surface area contributed by atoms with Crippen LogP contribution in [0.1, 0.15) is 22.8 Å². The van der Waals surface area contributed by atoms with Crippen LogP contribution in [-0.2, 0) is 6.42 Å². The predicted molar refractivity (Wildman–Crippen MR) is 69.0 cm³/mol. The highest BCUT2D eigenvalue weighted by Gasteiger charge is 2.10. The molecule has 1 heterocycles. The lowest BCUT2D eigenvalue weighted by molar-refractivity contribution is 0.178. The van der Waals surface area contributed by atoms with Gasteiger partial charge in [0.1, 0.15) is 5.82 Å². The standard InChI is InChI=1S/C14H13ClFNO/c1-9-4-11(8-17-7-9)14(18)6-10-2-3-12(15)13(16)5-10/h2-5,7-8,14,18H,6H2,1H3. The van der Waals surface area contributed by atoms with Gasteiger partial charge in [-0.25, -0.2) is 4.39 Å². The maximum atomic E-state index is 13.3. The van der Waals surface area contributed by atoms with E-state index in [0.717, 1.165) is 11.1 Å². The average Bonchev–Trinajstić information content (AvgIpc) is 2.34. The van der Waals surface area contributed by atoms with Crippen molar-refractivity contribution < 1.29 is 9.50 Å². The summed E-state index contributed by atoms with van der Waals surface area (Å²) in [5.74, 6) is -0.469. The van der Waals surface area contributed by atoms with E-state index in [1.165, 1.54) is 12.1 Å². The van der Waals surface area contributed by atoms with E-state index in [1.807, 2.05) is 13.0 Å². The lowest BCUT2D eigenvalue weighted by Crippen LogP contribution is -2.03. The third kappa shape index (κ3) is 3.06. The van der Waals surface area contributed by atoms with Gasteiger partial charge in [0.25, 0.3) is 0 Å². The fourth-order valence-electron chi connectivity index (χ4n) is 1.77. The predicted octanol–water partition coefficient (Wildman–Crippen LogP) is 3.46. The molecular formula is C14H13ClFNO. The van der Waals surface area contributed by atoms with E-state index in [-0.39, 0.29) is 5.02 Å². The summed E-state index contributed by atoms with van der Waals surface area (Å²) in [5, 5.41) is 10.2. The molecule has 1 aromatic heterocycles. The second kappa shape index (κ2) is 5.46. The monoisotopic (exact) mass is 265 g/mol. The third-order valence-corrected chi connectivity index (χ3v) is 3.00. The summed E-state index contributed by atoms with van der Waals surface area (Å²) in [6.07, 6.45) is 2.97. The van der Waals surface area contributed by atoms with Crippen molar-refractivity contribution in [1.29, 1.82) is 0 Å². The van der Waals surface area contributed by atoms with Crippen LogP contribution in [0.4, 0.5) is 4.39 Å². The average molecular weight is 266 g/mol. The molecular weight excluding hydrogens is 253 g/mol. The molecule has 0 saturated heterocycles. The minimum Gasteiger partial charge on any atom is -0.388 e. The maximum absolute atomic E-state index is 13.3. The van der Waals surface area contributed by atoms with Gasteiger partial charge in [-0.1, -0.05) is 23.7 Å². The Hall–Kier alpha value is -1.45. The molecule has 0 radical (unpaired) electrons. The first kappa shape index (κ1) is 13.0. The Morgan fingerprint density at radius 3 is 2.78 bits per heavy atom. The Labute approximate surface area is 110 Å². The Kier molecular flexibility index (Phi) is 3.94. The molecule has 2 rings (SSSR count). The SMILES string of the molecule is Cc1cncc(C(O)Cc2ccc(Cl)c(F)c2)c1. The molecule has 0 aliphatic heterocycles. The molecule has 1 atom stereocenters. The summed E-state index contributed by atoms with van der Waals surface area (Å²) >= 11 is 5.61.